The lowest BCUT2D eigenvalue weighted by Crippen LogP contribution is -2.37. The van der Waals surface area contributed by atoms with Crippen molar-refractivity contribution in [3.63, 3.8) is 0 Å². The summed E-state index contributed by atoms with van der Waals surface area (Å²) in [5.74, 6) is -0.138. The molecule has 0 unspecified atom stereocenters. The molecule has 0 aromatic heterocycles. The Hall–Kier alpha value is -1.39. The quantitative estimate of drug-likeness (QED) is 0.774. The summed E-state index contributed by atoms with van der Waals surface area (Å²) in [5, 5.41) is 2.75. The third-order valence-electron chi connectivity index (χ3n) is 2.21. The number of methoxy groups -OCH3 is 1. The van der Waals surface area contributed by atoms with Crippen molar-refractivity contribution in [3.05, 3.63) is 35.4 Å². The minimum atomic E-state index is -0.465. The highest BCUT2D eigenvalue weighted by Gasteiger charge is 2.05. The van der Waals surface area contributed by atoms with E-state index in [0.29, 0.717) is 13.2 Å². The van der Waals surface area contributed by atoms with Crippen LogP contribution >= 0.6 is 0 Å². The van der Waals surface area contributed by atoms with Crippen LogP contribution in [0.2, 0.25) is 0 Å². The van der Waals surface area contributed by atoms with Gasteiger partial charge in [0.05, 0.1) is 12.6 Å². The van der Waals surface area contributed by atoms with E-state index < -0.39 is 6.04 Å². The summed E-state index contributed by atoms with van der Waals surface area (Å²) in [6, 6.07) is 7.44. The second-order valence-electron chi connectivity index (χ2n) is 3.76. The zero-order valence-corrected chi connectivity index (χ0v) is 9.69. The summed E-state index contributed by atoms with van der Waals surface area (Å²) in [6.07, 6.45) is 0. The molecule has 1 rings (SSSR count). The lowest BCUT2D eigenvalue weighted by Gasteiger charge is -2.08. The van der Waals surface area contributed by atoms with Crippen molar-refractivity contribution in [1.82, 2.24) is 5.32 Å². The van der Waals surface area contributed by atoms with Crippen molar-refractivity contribution in [3.8, 4) is 0 Å². The lowest BCUT2D eigenvalue weighted by molar-refractivity contribution is -0.122. The van der Waals surface area contributed by atoms with E-state index in [2.05, 4.69) is 5.32 Å². The van der Waals surface area contributed by atoms with Crippen LogP contribution in [0, 0.1) is 0 Å². The van der Waals surface area contributed by atoms with E-state index in [0.717, 1.165) is 11.1 Å². The highest BCUT2D eigenvalue weighted by molar-refractivity contribution is 5.80. The van der Waals surface area contributed by atoms with Gasteiger partial charge in [0.2, 0.25) is 5.91 Å². The molecule has 0 spiro atoms. The molecular weight excluding hydrogens is 204 g/mol. The van der Waals surface area contributed by atoms with Gasteiger partial charge in [-0.1, -0.05) is 24.3 Å². The molecule has 1 amide bonds. The van der Waals surface area contributed by atoms with Crippen LogP contribution in [0.4, 0.5) is 0 Å². The van der Waals surface area contributed by atoms with Gasteiger partial charge < -0.3 is 15.8 Å². The van der Waals surface area contributed by atoms with Crippen LogP contribution in [0.1, 0.15) is 18.1 Å². The fraction of sp³-hybridized carbons (Fsp3) is 0.417. The van der Waals surface area contributed by atoms with Gasteiger partial charge in [0.1, 0.15) is 0 Å². The molecule has 0 radical (unpaired) electrons. The van der Waals surface area contributed by atoms with Crippen LogP contribution in [0.25, 0.3) is 0 Å². The van der Waals surface area contributed by atoms with Crippen LogP contribution in [0.15, 0.2) is 24.3 Å². The predicted octanol–water partition coefficient (Wildman–Crippen LogP) is 0.796. The van der Waals surface area contributed by atoms with Crippen LogP contribution in [0.3, 0.4) is 0 Å². The Morgan fingerprint density at radius 3 is 2.44 bits per heavy atom. The Labute approximate surface area is 95.8 Å². The number of carbonyl (C=O) groups excluding carboxylic acids is 1. The first kappa shape index (κ1) is 12.7. The highest BCUT2D eigenvalue weighted by Crippen LogP contribution is 2.05. The van der Waals surface area contributed by atoms with Gasteiger partial charge in [-0.2, -0.15) is 0 Å². The molecule has 1 aromatic carbocycles. The zero-order valence-electron chi connectivity index (χ0n) is 9.69. The van der Waals surface area contributed by atoms with E-state index in [1.165, 1.54) is 0 Å². The van der Waals surface area contributed by atoms with Crippen molar-refractivity contribution in [1.29, 1.82) is 0 Å². The molecule has 0 heterocycles. The van der Waals surface area contributed by atoms with Crippen molar-refractivity contribution >= 4 is 5.91 Å². The Bertz CT molecular complexity index is 333. The normalized spacial score (nSPS) is 12.2. The van der Waals surface area contributed by atoms with Crippen LogP contribution < -0.4 is 11.1 Å². The Morgan fingerprint density at radius 1 is 1.38 bits per heavy atom. The maximum absolute atomic E-state index is 11.2. The number of hydrogen-bond donors (Lipinski definition) is 2. The lowest BCUT2D eigenvalue weighted by atomic mass is 10.1. The molecule has 1 aromatic rings. The van der Waals surface area contributed by atoms with E-state index >= 15 is 0 Å². The number of nitrogens with one attached hydrogen (secondary N) is 1. The second kappa shape index (κ2) is 6.25. The summed E-state index contributed by atoms with van der Waals surface area (Å²) in [7, 11) is 1.66. The molecule has 0 aliphatic carbocycles. The van der Waals surface area contributed by atoms with Gasteiger partial charge in [-0.25, -0.2) is 0 Å². The number of benzene rings is 1. The number of hydrogen-bond acceptors (Lipinski definition) is 3. The number of carbonyl (C=O) groups is 1. The van der Waals surface area contributed by atoms with Gasteiger partial charge in [-0.05, 0) is 18.1 Å². The van der Waals surface area contributed by atoms with Crippen molar-refractivity contribution < 1.29 is 9.53 Å². The van der Waals surface area contributed by atoms with E-state index in [1.54, 1.807) is 14.0 Å². The molecule has 3 N–H and O–H groups in total. The van der Waals surface area contributed by atoms with Crippen LogP contribution in [-0.4, -0.2) is 19.1 Å². The molecular formula is C12H18N2O2. The number of amides is 1. The first-order chi connectivity index (χ1) is 7.63. The molecule has 0 fully saturated rings. The molecule has 0 saturated carbocycles. The largest absolute Gasteiger partial charge is 0.380 e. The Morgan fingerprint density at radius 2 is 1.94 bits per heavy atom. The number of nitrogens with two attached hydrogens (primary N) is 1. The minimum absolute atomic E-state index is 0.138. The predicted molar refractivity (Wildman–Crippen MR) is 62.7 cm³/mol. The summed E-state index contributed by atoms with van der Waals surface area (Å²) < 4.78 is 5.01. The maximum Gasteiger partial charge on any atom is 0.236 e. The third-order valence-corrected chi connectivity index (χ3v) is 2.21. The Kier molecular flexibility index (Phi) is 4.95. The van der Waals surface area contributed by atoms with Gasteiger partial charge in [0.25, 0.3) is 0 Å². The first-order valence-electron chi connectivity index (χ1n) is 5.23. The monoisotopic (exact) mass is 222 g/mol. The molecule has 4 heteroatoms. The third kappa shape index (κ3) is 4.00. The van der Waals surface area contributed by atoms with E-state index in [-0.39, 0.29) is 5.91 Å². The fourth-order valence-corrected chi connectivity index (χ4v) is 1.27. The van der Waals surface area contributed by atoms with E-state index in [4.69, 9.17) is 10.5 Å². The average Bonchev–Trinajstić information content (AvgIpc) is 2.28. The molecule has 0 aliphatic rings. The molecule has 0 aliphatic heterocycles. The van der Waals surface area contributed by atoms with E-state index in [1.807, 2.05) is 24.3 Å². The molecule has 4 nitrogen and oxygen atoms in total. The molecule has 0 bridgehead atoms. The van der Waals surface area contributed by atoms with Gasteiger partial charge in [-0.3, -0.25) is 4.79 Å². The van der Waals surface area contributed by atoms with Crippen molar-refractivity contribution in [2.75, 3.05) is 7.11 Å². The van der Waals surface area contributed by atoms with Gasteiger partial charge in [0.15, 0.2) is 0 Å². The highest BCUT2D eigenvalue weighted by atomic mass is 16.5. The molecule has 1 atom stereocenters. The second-order valence-corrected chi connectivity index (χ2v) is 3.76. The van der Waals surface area contributed by atoms with E-state index in [9.17, 15) is 4.79 Å². The minimum Gasteiger partial charge on any atom is -0.380 e. The van der Waals surface area contributed by atoms with Crippen LogP contribution in [0.5, 0.6) is 0 Å². The smallest absolute Gasteiger partial charge is 0.236 e. The number of ether oxygens (including phenoxy) is 1. The molecule has 0 saturated heterocycles. The van der Waals surface area contributed by atoms with Gasteiger partial charge in [-0.15, -0.1) is 0 Å². The van der Waals surface area contributed by atoms with Crippen LogP contribution in [-0.2, 0) is 22.7 Å². The maximum atomic E-state index is 11.2. The summed E-state index contributed by atoms with van der Waals surface area (Å²) in [6.45, 7) is 2.77. The van der Waals surface area contributed by atoms with Crippen molar-refractivity contribution in [2.45, 2.75) is 26.1 Å². The first-order valence-corrected chi connectivity index (χ1v) is 5.23. The molecule has 88 valence electrons. The van der Waals surface area contributed by atoms with Crippen molar-refractivity contribution in [2.24, 2.45) is 5.73 Å². The average molecular weight is 222 g/mol. The summed E-state index contributed by atoms with van der Waals surface area (Å²) in [5.41, 5.74) is 7.60. The van der Waals surface area contributed by atoms with Gasteiger partial charge >= 0.3 is 0 Å². The topological polar surface area (TPSA) is 64.3 Å². The number of rotatable bonds is 5. The fourth-order valence-electron chi connectivity index (χ4n) is 1.27. The Balaban J connectivity index is 2.46. The standard InChI is InChI=1S/C12H18N2O2/c1-9(13)12(15)14-7-10-3-5-11(6-4-10)8-16-2/h3-6,9H,7-8,13H2,1-2H3,(H,14,15)/t9-/m0/s1. The van der Waals surface area contributed by atoms with Gasteiger partial charge in [0, 0.05) is 13.7 Å². The zero-order chi connectivity index (χ0) is 12.0. The summed E-state index contributed by atoms with van der Waals surface area (Å²) >= 11 is 0. The molecule has 16 heavy (non-hydrogen) atoms. The summed E-state index contributed by atoms with van der Waals surface area (Å²) in [4.78, 5) is 11.2. The SMILES string of the molecule is COCc1ccc(CNC(=O)[C@H](C)N)cc1.